The Bertz CT molecular complexity index is 1200. The van der Waals surface area contributed by atoms with E-state index in [2.05, 4.69) is 13.0 Å². The number of nitrogens with zero attached hydrogens (tertiary/aromatic N) is 3. The van der Waals surface area contributed by atoms with Crippen LogP contribution in [0.4, 0.5) is 11.4 Å². The van der Waals surface area contributed by atoms with E-state index in [1.165, 1.54) is 13.2 Å². The number of hydrogen-bond acceptors (Lipinski definition) is 6. The van der Waals surface area contributed by atoms with Crippen molar-refractivity contribution in [3.8, 4) is 17.2 Å². The Morgan fingerprint density at radius 2 is 1.82 bits per heavy atom. The van der Waals surface area contributed by atoms with Gasteiger partial charge in [0.2, 0.25) is 0 Å². The first-order valence-electron chi connectivity index (χ1n) is 11.2. The van der Waals surface area contributed by atoms with Gasteiger partial charge in [-0.05, 0) is 41.3 Å². The maximum Gasteiger partial charge on any atom is 0.338 e. The van der Waals surface area contributed by atoms with Crippen molar-refractivity contribution in [3.63, 3.8) is 0 Å². The maximum atomic E-state index is 11.9. The van der Waals surface area contributed by atoms with Gasteiger partial charge in [0.1, 0.15) is 5.69 Å². The first kappa shape index (κ1) is 24.5. The normalized spacial score (nSPS) is 10.4. The Labute approximate surface area is 199 Å². The Morgan fingerprint density at radius 1 is 1.09 bits per heavy atom. The van der Waals surface area contributed by atoms with Gasteiger partial charge in [-0.2, -0.15) is 5.26 Å². The standard InChI is InChI=1S/C27H27N3O4/c1-3-4-7-16-29(25-15-14-22(27(31)34-2)17-26(25)30(32)33)19-20-10-12-21(13-11-20)24-9-6-5-8-23(24)18-28/h5-6,8-15,17H,3-4,7,16,19H2,1-2H3. The first-order valence-corrected chi connectivity index (χ1v) is 11.2. The van der Waals surface area contributed by atoms with Crippen LogP contribution in [0.1, 0.15) is 47.7 Å². The summed E-state index contributed by atoms with van der Waals surface area (Å²) in [6, 6.07) is 22.0. The molecule has 0 unspecified atom stereocenters. The molecule has 7 nitrogen and oxygen atoms in total. The molecule has 0 aliphatic carbocycles. The second-order valence-corrected chi connectivity index (χ2v) is 7.94. The fraction of sp³-hybridized carbons (Fsp3) is 0.259. The van der Waals surface area contributed by atoms with Crippen LogP contribution in [0, 0.1) is 21.4 Å². The molecule has 0 aliphatic heterocycles. The maximum absolute atomic E-state index is 11.9. The number of nitro benzene ring substituents is 1. The quantitative estimate of drug-likeness (QED) is 0.158. The highest BCUT2D eigenvalue weighted by Crippen LogP contribution is 2.32. The summed E-state index contributed by atoms with van der Waals surface area (Å²) in [5.41, 5.74) is 3.88. The fourth-order valence-electron chi connectivity index (χ4n) is 3.86. The molecule has 3 aromatic carbocycles. The molecule has 0 saturated carbocycles. The van der Waals surface area contributed by atoms with Gasteiger partial charge in [0.15, 0.2) is 0 Å². The summed E-state index contributed by atoms with van der Waals surface area (Å²) in [6.45, 7) is 3.23. The van der Waals surface area contributed by atoms with E-state index in [0.717, 1.165) is 36.0 Å². The minimum atomic E-state index is -0.611. The van der Waals surface area contributed by atoms with E-state index < -0.39 is 10.9 Å². The Morgan fingerprint density at radius 3 is 2.47 bits per heavy atom. The molecular weight excluding hydrogens is 430 g/mol. The van der Waals surface area contributed by atoms with Gasteiger partial charge in [0.25, 0.3) is 5.69 Å². The number of carbonyl (C=O) groups is 1. The van der Waals surface area contributed by atoms with Gasteiger partial charge in [-0.3, -0.25) is 10.1 Å². The van der Waals surface area contributed by atoms with Crippen molar-refractivity contribution < 1.29 is 14.5 Å². The Hall–Kier alpha value is -4.18. The van der Waals surface area contributed by atoms with Crippen LogP contribution in [0.3, 0.4) is 0 Å². The molecule has 0 bridgehead atoms. The zero-order valence-electron chi connectivity index (χ0n) is 19.4. The third kappa shape index (κ3) is 5.78. The number of carbonyl (C=O) groups excluding carboxylic acids is 1. The van der Waals surface area contributed by atoms with Crippen LogP contribution >= 0.6 is 0 Å². The SMILES string of the molecule is CCCCCN(Cc1ccc(-c2ccccc2C#N)cc1)c1ccc(C(=O)OC)cc1[N+](=O)[O-]. The van der Waals surface area contributed by atoms with Crippen molar-refractivity contribution in [2.75, 3.05) is 18.6 Å². The lowest BCUT2D eigenvalue weighted by Gasteiger charge is -2.25. The molecular formula is C27H27N3O4. The molecule has 174 valence electrons. The van der Waals surface area contributed by atoms with Crippen molar-refractivity contribution in [3.05, 3.63) is 93.5 Å². The van der Waals surface area contributed by atoms with Crippen LogP contribution in [0.25, 0.3) is 11.1 Å². The number of ether oxygens (including phenoxy) is 1. The summed E-state index contributed by atoms with van der Waals surface area (Å²) in [7, 11) is 1.25. The number of hydrogen-bond donors (Lipinski definition) is 0. The zero-order valence-corrected chi connectivity index (χ0v) is 19.4. The van der Waals surface area contributed by atoms with E-state index in [9.17, 15) is 20.2 Å². The lowest BCUT2D eigenvalue weighted by molar-refractivity contribution is -0.384. The monoisotopic (exact) mass is 457 g/mol. The van der Waals surface area contributed by atoms with Crippen molar-refractivity contribution in [2.24, 2.45) is 0 Å². The molecule has 0 heterocycles. The molecule has 0 fully saturated rings. The van der Waals surface area contributed by atoms with E-state index in [0.29, 0.717) is 24.3 Å². The van der Waals surface area contributed by atoms with Crippen LogP contribution in [0.2, 0.25) is 0 Å². The Kier molecular flexibility index (Phi) is 8.36. The van der Waals surface area contributed by atoms with Crippen molar-refractivity contribution in [1.82, 2.24) is 0 Å². The van der Waals surface area contributed by atoms with Crippen molar-refractivity contribution in [1.29, 1.82) is 5.26 Å². The molecule has 3 aromatic rings. The predicted octanol–water partition coefficient (Wildman–Crippen LogP) is 6.12. The van der Waals surface area contributed by atoms with Crippen LogP contribution in [-0.4, -0.2) is 24.5 Å². The van der Waals surface area contributed by atoms with Crippen LogP contribution in [0.5, 0.6) is 0 Å². The van der Waals surface area contributed by atoms with E-state index >= 15 is 0 Å². The van der Waals surface area contributed by atoms with E-state index in [1.807, 2.05) is 47.4 Å². The first-order chi connectivity index (χ1) is 16.5. The highest BCUT2D eigenvalue weighted by molar-refractivity contribution is 5.91. The Balaban J connectivity index is 1.92. The summed E-state index contributed by atoms with van der Waals surface area (Å²) < 4.78 is 4.72. The largest absolute Gasteiger partial charge is 0.465 e. The topological polar surface area (TPSA) is 96.5 Å². The second kappa shape index (κ2) is 11.6. The van der Waals surface area contributed by atoms with Gasteiger partial charge < -0.3 is 9.64 Å². The minimum Gasteiger partial charge on any atom is -0.465 e. The highest BCUT2D eigenvalue weighted by Gasteiger charge is 2.22. The second-order valence-electron chi connectivity index (χ2n) is 7.94. The average molecular weight is 458 g/mol. The molecule has 0 radical (unpaired) electrons. The number of benzene rings is 3. The number of unbranched alkanes of at least 4 members (excludes halogenated alkanes) is 2. The van der Waals surface area contributed by atoms with E-state index in [1.54, 1.807) is 18.2 Å². The van der Waals surface area contributed by atoms with E-state index in [-0.39, 0.29) is 11.3 Å². The molecule has 0 N–H and O–H groups in total. The van der Waals surface area contributed by atoms with Gasteiger partial charge >= 0.3 is 5.97 Å². The molecule has 0 aliphatic rings. The van der Waals surface area contributed by atoms with Crippen LogP contribution in [-0.2, 0) is 11.3 Å². The highest BCUT2D eigenvalue weighted by atomic mass is 16.6. The lowest BCUT2D eigenvalue weighted by atomic mass is 9.99. The van der Waals surface area contributed by atoms with Gasteiger partial charge in [-0.1, -0.05) is 62.2 Å². The molecule has 0 aromatic heterocycles. The summed E-state index contributed by atoms with van der Waals surface area (Å²) in [5.74, 6) is -0.611. The summed E-state index contributed by atoms with van der Waals surface area (Å²) in [4.78, 5) is 25.2. The van der Waals surface area contributed by atoms with Gasteiger partial charge in [-0.25, -0.2) is 4.79 Å². The van der Waals surface area contributed by atoms with Gasteiger partial charge in [0.05, 0.1) is 29.2 Å². The molecule has 0 amide bonds. The molecule has 0 saturated heterocycles. The van der Waals surface area contributed by atoms with Gasteiger partial charge in [0, 0.05) is 19.2 Å². The smallest absolute Gasteiger partial charge is 0.338 e. The number of nitriles is 1. The van der Waals surface area contributed by atoms with E-state index in [4.69, 9.17) is 4.74 Å². The molecule has 3 rings (SSSR count). The number of nitro groups is 1. The summed E-state index contributed by atoms with van der Waals surface area (Å²) in [6.07, 6.45) is 2.93. The lowest BCUT2D eigenvalue weighted by Crippen LogP contribution is -2.25. The predicted molar refractivity (Wildman–Crippen MR) is 132 cm³/mol. The number of methoxy groups -OCH3 is 1. The summed E-state index contributed by atoms with van der Waals surface area (Å²) >= 11 is 0. The average Bonchev–Trinajstić information content (AvgIpc) is 2.87. The molecule has 7 heteroatoms. The summed E-state index contributed by atoms with van der Waals surface area (Å²) in [5, 5.41) is 21.2. The fourth-order valence-corrected chi connectivity index (χ4v) is 3.86. The van der Waals surface area contributed by atoms with Crippen molar-refractivity contribution in [2.45, 2.75) is 32.7 Å². The number of rotatable bonds is 10. The molecule has 34 heavy (non-hydrogen) atoms. The molecule has 0 atom stereocenters. The van der Waals surface area contributed by atoms with Gasteiger partial charge in [-0.15, -0.1) is 0 Å². The minimum absolute atomic E-state index is 0.126. The zero-order chi connectivity index (χ0) is 24.5. The third-order valence-corrected chi connectivity index (χ3v) is 5.65. The van der Waals surface area contributed by atoms with Crippen molar-refractivity contribution >= 4 is 17.3 Å². The van der Waals surface area contributed by atoms with Crippen LogP contribution in [0.15, 0.2) is 66.7 Å². The number of esters is 1. The number of anilines is 1. The molecule has 0 spiro atoms. The van der Waals surface area contributed by atoms with Crippen LogP contribution < -0.4 is 4.90 Å². The third-order valence-electron chi connectivity index (χ3n) is 5.65.